The fourth-order valence-electron chi connectivity index (χ4n) is 4.01. The average Bonchev–Trinajstić information content (AvgIpc) is 3.08. The lowest BCUT2D eigenvalue weighted by molar-refractivity contribution is -0.141. The van der Waals surface area contributed by atoms with Gasteiger partial charge in [-0.25, -0.2) is 14.8 Å². The quantitative estimate of drug-likeness (QED) is 0.233. The zero-order chi connectivity index (χ0) is 26.9. The molecule has 0 saturated carbocycles. The van der Waals surface area contributed by atoms with Crippen LogP contribution < -0.4 is 11.4 Å². The van der Waals surface area contributed by atoms with Crippen molar-refractivity contribution >= 4 is 39.4 Å². The van der Waals surface area contributed by atoms with E-state index in [-0.39, 0.29) is 16.8 Å². The molecule has 0 amide bonds. The van der Waals surface area contributed by atoms with Crippen molar-refractivity contribution in [2.75, 3.05) is 5.73 Å². The Kier molecular flexibility index (Phi) is 5.44. The molecule has 0 aliphatic carbocycles. The maximum atomic E-state index is 13.4. The summed E-state index contributed by atoms with van der Waals surface area (Å²) in [6.07, 6.45) is -6.91. The number of aromatic nitrogens is 5. The third kappa shape index (κ3) is 4.04. The van der Waals surface area contributed by atoms with E-state index in [0.717, 1.165) is 16.7 Å². The maximum absolute atomic E-state index is 13.4. The highest BCUT2D eigenvalue weighted by atomic mass is 35.5. The maximum Gasteiger partial charge on any atom is 0.433 e. The van der Waals surface area contributed by atoms with Gasteiger partial charge in [0.2, 0.25) is 0 Å². The van der Waals surface area contributed by atoms with Gasteiger partial charge in [-0.1, -0.05) is 17.7 Å². The number of anilines is 1. The molecule has 5 rings (SSSR count). The van der Waals surface area contributed by atoms with Gasteiger partial charge in [0.25, 0.3) is 0 Å². The fourth-order valence-corrected chi connectivity index (χ4v) is 4.25. The molecule has 0 fully saturated rings. The lowest BCUT2D eigenvalue weighted by Crippen LogP contribution is -2.21. The van der Waals surface area contributed by atoms with Gasteiger partial charge in [-0.05, 0) is 35.9 Å². The minimum atomic E-state index is -4.75. The Morgan fingerprint density at radius 3 is 2.30 bits per heavy atom. The van der Waals surface area contributed by atoms with E-state index in [2.05, 4.69) is 15.0 Å². The number of alkyl halides is 6. The Labute approximate surface area is 207 Å². The fraction of sp³-hybridized carbons (Fsp3) is 0.130. The summed E-state index contributed by atoms with van der Waals surface area (Å²) in [6.45, 7) is 0. The Morgan fingerprint density at radius 2 is 1.65 bits per heavy atom. The summed E-state index contributed by atoms with van der Waals surface area (Å²) in [6, 6.07) is 7.12. The highest BCUT2D eigenvalue weighted by Gasteiger charge is 2.35. The summed E-state index contributed by atoms with van der Waals surface area (Å²) < 4.78 is 81.7. The highest BCUT2D eigenvalue weighted by molar-refractivity contribution is 6.31. The van der Waals surface area contributed by atoms with Crippen LogP contribution in [0.1, 0.15) is 11.3 Å². The van der Waals surface area contributed by atoms with Gasteiger partial charge in [0.1, 0.15) is 11.5 Å². The van der Waals surface area contributed by atoms with Gasteiger partial charge in [-0.3, -0.25) is 14.1 Å². The van der Waals surface area contributed by atoms with Crippen LogP contribution in [0.5, 0.6) is 0 Å². The van der Waals surface area contributed by atoms with E-state index in [4.69, 9.17) is 17.3 Å². The molecule has 0 unspecified atom stereocenters. The Balaban J connectivity index is 1.80. The van der Waals surface area contributed by atoms with E-state index in [1.807, 2.05) is 0 Å². The van der Waals surface area contributed by atoms with Crippen LogP contribution in [0.3, 0.4) is 0 Å². The van der Waals surface area contributed by atoms with Crippen molar-refractivity contribution in [1.29, 1.82) is 0 Å². The molecular weight excluding hydrogens is 526 g/mol. The van der Waals surface area contributed by atoms with E-state index in [1.165, 1.54) is 42.2 Å². The largest absolute Gasteiger partial charge is 0.433 e. The Bertz CT molecular complexity index is 1770. The minimum absolute atomic E-state index is 0.0967. The number of benzene rings is 1. The lowest BCUT2D eigenvalue weighted by Gasteiger charge is -2.12. The van der Waals surface area contributed by atoms with Crippen molar-refractivity contribution in [3.8, 4) is 16.8 Å². The highest BCUT2D eigenvalue weighted by Crippen LogP contribution is 2.37. The van der Waals surface area contributed by atoms with Gasteiger partial charge in [0.05, 0.1) is 34.0 Å². The van der Waals surface area contributed by atoms with E-state index in [9.17, 15) is 31.1 Å². The topological polar surface area (TPSA) is 91.6 Å². The van der Waals surface area contributed by atoms with Gasteiger partial charge in [-0.15, -0.1) is 0 Å². The monoisotopic (exact) mass is 538 g/mol. The second kappa shape index (κ2) is 8.20. The summed E-state index contributed by atoms with van der Waals surface area (Å²) in [4.78, 5) is 24.5. The molecule has 37 heavy (non-hydrogen) atoms. The molecule has 0 saturated heterocycles. The van der Waals surface area contributed by atoms with E-state index < -0.39 is 40.3 Å². The first-order chi connectivity index (χ1) is 17.3. The van der Waals surface area contributed by atoms with Crippen LogP contribution in [0.2, 0.25) is 5.15 Å². The molecule has 1 aromatic carbocycles. The Morgan fingerprint density at radius 1 is 0.919 bits per heavy atom. The van der Waals surface area contributed by atoms with Crippen molar-refractivity contribution < 1.29 is 26.3 Å². The molecule has 0 aliphatic rings. The number of pyridine rings is 3. The molecule has 7 nitrogen and oxygen atoms in total. The normalized spacial score (nSPS) is 12.5. The van der Waals surface area contributed by atoms with Crippen LogP contribution in [0.25, 0.3) is 38.8 Å². The first-order valence-electron chi connectivity index (χ1n) is 10.3. The van der Waals surface area contributed by atoms with E-state index >= 15 is 0 Å². The van der Waals surface area contributed by atoms with Crippen molar-refractivity contribution in [3.05, 3.63) is 75.7 Å². The summed E-state index contributed by atoms with van der Waals surface area (Å²) in [5.74, 6) is -0.678. The van der Waals surface area contributed by atoms with Gasteiger partial charge in [0.15, 0.2) is 5.15 Å². The smallest absolute Gasteiger partial charge is 0.383 e. The van der Waals surface area contributed by atoms with E-state index in [0.29, 0.717) is 28.0 Å². The van der Waals surface area contributed by atoms with Crippen LogP contribution in [0.15, 0.2) is 53.6 Å². The molecule has 190 valence electrons. The number of fused-ring (bicyclic) bond motifs is 3. The van der Waals surface area contributed by atoms with Crippen LogP contribution >= 0.6 is 11.6 Å². The van der Waals surface area contributed by atoms with Crippen LogP contribution in [0.4, 0.5) is 32.2 Å². The second-order valence-corrected chi connectivity index (χ2v) is 8.42. The number of imidazole rings is 1. The number of nitrogens with two attached hydrogens (primary N) is 1. The molecule has 0 atom stereocenters. The van der Waals surface area contributed by atoms with Crippen molar-refractivity contribution in [2.24, 2.45) is 7.05 Å². The molecule has 5 aromatic rings. The summed E-state index contributed by atoms with van der Waals surface area (Å²) in [7, 11) is 1.43. The molecule has 2 N–H and O–H groups in total. The molecule has 4 heterocycles. The predicted molar refractivity (Wildman–Crippen MR) is 124 cm³/mol. The summed E-state index contributed by atoms with van der Waals surface area (Å²) in [5, 5.41) is -0.239. The summed E-state index contributed by atoms with van der Waals surface area (Å²) in [5.41, 5.74) is 3.59. The van der Waals surface area contributed by atoms with Crippen LogP contribution in [0, 0.1) is 0 Å². The zero-order valence-corrected chi connectivity index (χ0v) is 19.2. The number of hydrogen-bond acceptors (Lipinski definition) is 5. The SMILES string of the molecule is Cn1c(=O)n(-c2ccc(C(F)(F)F)nc2Cl)c2c3cc(-c4cnc(N)c(C(F)(F)F)c4)ccc3ncc21. The summed E-state index contributed by atoms with van der Waals surface area (Å²) >= 11 is 6.08. The first-order valence-corrected chi connectivity index (χ1v) is 10.7. The van der Waals surface area contributed by atoms with Crippen molar-refractivity contribution in [3.63, 3.8) is 0 Å². The molecule has 0 spiro atoms. The first kappa shape index (κ1) is 24.6. The standard InChI is InChI=1S/C23H13ClF6N6O/c1-35-16-9-32-14-3-2-10(11-7-13(22(25,26)27)20(31)33-8-11)6-12(14)18(16)36(21(35)37)15-4-5-17(23(28,29)30)34-19(15)24/h2-9H,1H3,(H2,31,33). The number of nitrogen functional groups attached to an aromatic ring is 1. The lowest BCUT2D eigenvalue weighted by atomic mass is 10.0. The number of aryl methyl sites for hydroxylation is 1. The van der Waals surface area contributed by atoms with Gasteiger partial charge in [0, 0.05) is 24.2 Å². The van der Waals surface area contributed by atoms with Gasteiger partial charge >= 0.3 is 18.0 Å². The molecule has 14 heteroatoms. The van der Waals surface area contributed by atoms with Crippen molar-refractivity contribution in [1.82, 2.24) is 24.1 Å². The van der Waals surface area contributed by atoms with Gasteiger partial charge < -0.3 is 5.73 Å². The third-order valence-electron chi connectivity index (χ3n) is 5.80. The number of nitrogens with zero attached hydrogens (tertiary/aromatic N) is 5. The number of hydrogen-bond donors (Lipinski definition) is 1. The molecule has 4 aromatic heterocycles. The minimum Gasteiger partial charge on any atom is -0.383 e. The molecular formula is C23H13ClF6N6O. The Hall–Kier alpha value is -4.13. The second-order valence-electron chi connectivity index (χ2n) is 8.06. The van der Waals surface area contributed by atoms with Gasteiger partial charge in [-0.2, -0.15) is 26.3 Å². The number of halogens is 7. The van der Waals surface area contributed by atoms with Crippen molar-refractivity contribution in [2.45, 2.75) is 12.4 Å². The van der Waals surface area contributed by atoms with Crippen LogP contribution in [-0.4, -0.2) is 24.1 Å². The molecule has 0 aliphatic heterocycles. The molecule has 0 bridgehead atoms. The average molecular weight is 539 g/mol. The van der Waals surface area contributed by atoms with E-state index in [1.54, 1.807) is 0 Å². The predicted octanol–water partition coefficient (Wildman–Crippen LogP) is 5.61. The third-order valence-corrected chi connectivity index (χ3v) is 6.08. The van der Waals surface area contributed by atoms with Crippen LogP contribution in [-0.2, 0) is 19.4 Å². The zero-order valence-electron chi connectivity index (χ0n) is 18.5. The number of rotatable bonds is 2. The molecule has 0 radical (unpaired) electrons.